The minimum Gasteiger partial charge on any atom is -0.486 e. The van der Waals surface area contributed by atoms with Crippen molar-refractivity contribution in [1.29, 1.82) is 0 Å². The molecule has 1 aliphatic heterocycles. The van der Waals surface area contributed by atoms with Gasteiger partial charge in [-0.05, 0) is 24.3 Å². The summed E-state index contributed by atoms with van der Waals surface area (Å²) >= 11 is 3.46. The molecule has 0 amide bonds. The van der Waals surface area contributed by atoms with Crippen molar-refractivity contribution in [3.63, 3.8) is 0 Å². The largest absolute Gasteiger partial charge is 0.486 e. The lowest BCUT2D eigenvalue weighted by Crippen LogP contribution is -2.16. The van der Waals surface area contributed by atoms with Gasteiger partial charge in [-0.3, -0.25) is 4.79 Å². The van der Waals surface area contributed by atoms with Crippen molar-refractivity contribution in [2.75, 3.05) is 13.2 Å². The lowest BCUT2D eigenvalue weighted by Gasteiger charge is -2.19. The number of esters is 1. The number of carbonyl (C=O) groups is 1. The van der Waals surface area contributed by atoms with Crippen LogP contribution in [0.3, 0.4) is 0 Å². The second kappa shape index (κ2) is 6.76. The van der Waals surface area contributed by atoms with Crippen LogP contribution in [0.15, 0.2) is 45.4 Å². The van der Waals surface area contributed by atoms with E-state index >= 15 is 0 Å². The molecule has 3 aromatic rings. The zero-order chi connectivity index (χ0) is 17.2. The summed E-state index contributed by atoms with van der Waals surface area (Å²) in [5.41, 5.74) is 2.03. The third kappa shape index (κ3) is 3.32. The van der Waals surface area contributed by atoms with Gasteiger partial charge in [-0.1, -0.05) is 33.2 Å². The second-order valence-electron chi connectivity index (χ2n) is 5.55. The normalized spacial score (nSPS) is 13.0. The average molecular weight is 404 g/mol. The molecule has 0 unspecified atom stereocenters. The van der Waals surface area contributed by atoms with Crippen LogP contribution in [-0.2, 0) is 22.6 Å². The number of para-hydroxylation sites is 1. The Morgan fingerprint density at radius 1 is 1.16 bits per heavy atom. The van der Waals surface area contributed by atoms with E-state index in [2.05, 4.69) is 21.1 Å². The Hall–Kier alpha value is -2.54. The molecule has 128 valence electrons. The first-order valence-electron chi connectivity index (χ1n) is 7.77. The average Bonchev–Trinajstić information content (AvgIpc) is 3.03. The van der Waals surface area contributed by atoms with Gasteiger partial charge < -0.3 is 18.7 Å². The lowest BCUT2D eigenvalue weighted by molar-refractivity contribution is -0.144. The van der Waals surface area contributed by atoms with Gasteiger partial charge in [-0.15, -0.1) is 0 Å². The molecule has 0 saturated heterocycles. The first-order valence-corrected chi connectivity index (χ1v) is 8.57. The van der Waals surface area contributed by atoms with Gasteiger partial charge in [0.15, 0.2) is 17.1 Å². The number of benzene rings is 2. The van der Waals surface area contributed by atoms with Gasteiger partial charge in [-0.25, -0.2) is 0 Å². The van der Waals surface area contributed by atoms with Gasteiger partial charge >= 0.3 is 5.97 Å². The molecule has 0 atom stereocenters. The highest BCUT2D eigenvalue weighted by Crippen LogP contribution is 2.35. The van der Waals surface area contributed by atoms with Gasteiger partial charge in [0, 0.05) is 15.4 Å². The third-order valence-corrected chi connectivity index (χ3v) is 4.60. The molecule has 1 aliphatic rings. The Bertz CT molecular complexity index is 936. The third-order valence-electron chi connectivity index (χ3n) is 3.86. The molecule has 1 aromatic heterocycles. The molecular formula is C18H14BrNO5. The van der Waals surface area contributed by atoms with Crippen LogP contribution in [0, 0.1) is 0 Å². The molecule has 2 aromatic carbocycles. The molecule has 0 N–H and O–H groups in total. The van der Waals surface area contributed by atoms with Crippen molar-refractivity contribution >= 4 is 32.9 Å². The number of aromatic nitrogens is 1. The summed E-state index contributed by atoms with van der Waals surface area (Å²) in [4.78, 5) is 12.2. The van der Waals surface area contributed by atoms with E-state index in [1.807, 2.05) is 36.4 Å². The second-order valence-corrected chi connectivity index (χ2v) is 6.40. The van der Waals surface area contributed by atoms with Crippen LogP contribution in [0.2, 0.25) is 0 Å². The topological polar surface area (TPSA) is 70.8 Å². The predicted molar refractivity (Wildman–Crippen MR) is 92.6 cm³/mol. The fourth-order valence-electron chi connectivity index (χ4n) is 2.63. The molecule has 0 fully saturated rings. The van der Waals surface area contributed by atoms with Crippen LogP contribution >= 0.6 is 15.9 Å². The van der Waals surface area contributed by atoms with E-state index in [1.165, 1.54) is 0 Å². The highest BCUT2D eigenvalue weighted by Gasteiger charge is 2.17. The van der Waals surface area contributed by atoms with Gasteiger partial charge in [0.25, 0.3) is 0 Å². The maximum atomic E-state index is 12.2. The van der Waals surface area contributed by atoms with Gasteiger partial charge in [0.1, 0.15) is 25.5 Å². The maximum absolute atomic E-state index is 12.2. The number of hydrogen-bond donors (Lipinski definition) is 0. The molecule has 25 heavy (non-hydrogen) atoms. The fraction of sp³-hybridized carbons (Fsp3) is 0.222. The molecule has 2 heterocycles. The Kier molecular flexibility index (Phi) is 4.31. The van der Waals surface area contributed by atoms with E-state index in [9.17, 15) is 4.79 Å². The maximum Gasteiger partial charge on any atom is 0.312 e. The Balaban J connectivity index is 1.43. The SMILES string of the molecule is O=C(Cc1noc2ccccc12)OCc1cc2c(cc1Br)OCCO2. The summed E-state index contributed by atoms with van der Waals surface area (Å²) in [6, 6.07) is 11.0. The van der Waals surface area contributed by atoms with Crippen molar-refractivity contribution < 1.29 is 23.5 Å². The first kappa shape index (κ1) is 16.0. The molecule has 4 rings (SSSR count). The molecule has 7 heteroatoms. The van der Waals surface area contributed by atoms with E-state index < -0.39 is 0 Å². The summed E-state index contributed by atoms with van der Waals surface area (Å²) in [6.45, 7) is 1.17. The summed E-state index contributed by atoms with van der Waals surface area (Å²) in [6.07, 6.45) is 0.0547. The monoisotopic (exact) mass is 403 g/mol. The smallest absolute Gasteiger partial charge is 0.312 e. The predicted octanol–water partition coefficient (Wildman–Crippen LogP) is 3.65. The van der Waals surface area contributed by atoms with Crippen molar-refractivity contribution in [3.05, 3.63) is 52.1 Å². The van der Waals surface area contributed by atoms with Gasteiger partial charge in [0.2, 0.25) is 0 Å². The summed E-state index contributed by atoms with van der Waals surface area (Å²) in [5, 5.41) is 4.76. The summed E-state index contributed by atoms with van der Waals surface area (Å²) in [5.74, 6) is 0.964. The van der Waals surface area contributed by atoms with E-state index in [1.54, 1.807) is 0 Å². The zero-order valence-corrected chi connectivity index (χ0v) is 14.7. The van der Waals surface area contributed by atoms with Gasteiger partial charge in [-0.2, -0.15) is 0 Å². The standard InChI is InChI=1S/C18H14BrNO5/c19-13-8-17-16(22-5-6-23-17)7-11(13)10-24-18(21)9-14-12-3-1-2-4-15(12)25-20-14/h1-4,7-8H,5-6,9-10H2. The van der Waals surface area contributed by atoms with Crippen LogP contribution in [0.25, 0.3) is 11.0 Å². The lowest BCUT2D eigenvalue weighted by atomic mass is 10.2. The van der Waals surface area contributed by atoms with Crippen molar-refractivity contribution in [3.8, 4) is 11.5 Å². The van der Waals surface area contributed by atoms with E-state index in [-0.39, 0.29) is 19.0 Å². The number of carbonyl (C=O) groups excluding carboxylic acids is 1. The molecule has 0 aliphatic carbocycles. The Labute approximate surface area is 151 Å². The summed E-state index contributed by atoms with van der Waals surface area (Å²) in [7, 11) is 0. The Morgan fingerprint density at radius 2 is 1.92 bits per heavy atom. The van der Waals surface area contributed by atoms with E-state index in [0.29, 0.717) is 36.0 Å². The van der Waals surface area contributed by atoms with Crippen LogP contribution in [0.1, 0.15) is 11.3 Å². The minimum atomic E-state index is -0.374. The molecule has 0 saturated carbocycles. The Morgan fingerprint density at radius 3 is 2.76 bits per heavy atom. The molecule has 0 radical (unpaired) electrons. The van der Waals surface area contributed by atoms with Crippen LogP contribution < -0.4 is 9.47 Å². The van der Waals surface area contributed by atoms with Crippen LogP contribution in [-0.4, -0.2) is 24.3 Å². The van der Waals surface area contributed by atoms with Crippen molar-refractivity contribution in [2.24, 2.45) is 0 Å². The first-order chi connectivity index (χ1) is 12.2. The van der Waals surface area contributed by atoms with E-state index in [4.69, 9.17) is 18.7 Å². The molecular weight excluding hydrogens is 390 g/mol. The number of ether oxygens (including phenoxy) is 3. The van der Waals surface area contributed by atoms with E-state index in [0.717, 1.165) is 15.4 Å². The van der Waals surface area contributed by atoms with Crippen molar-refractivity contribution in [2.45, 2.75) is 13.0 Å². The highest BCUT2D eigenvalue weighted by atomic mass is 79.9. The van der Waals surface area contributed by atoms with Crippen LogP contribution in [0.5, 0.6) is 11.5 Å². The zero-order valence-electron chi connectivity index (χ0n) is 13.2. The number of fused-ring (bicyclic) bond motifs is 2. The number of halogens is 1. The van der Waals surface area contributed by atoms with Crippen molar-refractivity contribution in [1.82, 2.24) is 5.16 Å². The number of nitrogens with zero attached hydrogens (tertiary/aromatic N) is 1. The number of rotatable bonds is 4. The molecule has 0 bridgehead atoms. The quantitative estimate of drug-likeness (QED) is 0.619. The van der Waals surface area contributed by atoms with Gasteiger partial charge in [0.05, 0.1) is 6.42 Å². The highest BCUT2D eigenvalue weighted by molar-refractivity contribution is 9.10. The molecule has 0 spiro atoms. The molecule has 6 nitrogen and oxygen atoms in total. The summed E-state index contributed by atoms with van der Waals surface area (Å²) < 4.78 is 22.4. The fourth-order valence-corrected chi connectivity index (χ4v) is 3.07. The number of hydrogen-bond acceptors (Lipinski definition) is 6. The van der Waals surface area contributed by atoms with Crippen LogP contribution in [0.4, 0.5) is 0 Å². The minimum absolute atomic E-state index is 0.0547.